The van der Waals surface area contributed by atoms with Gasteiger partial charge in [-0.2, -0.15) is 4.67 Å². The zero-order valence-corrected chi connectivity index (χ0v) is 11.2. The lowest BCUT2D eigenvalue weighted by Gasteiger charge is -2.38. The van der Waals surface area contributed by atoms with Crippen LogP contribution in [0.3, 0.4) is 0 Å². The van der Waals surface area contributed by atoms with Gasteiger partial charge in [0, 0.05) is 19.0 Å². The van der Waals surface area contributed by atoms with Crippen molar-refractivity contribution in [2.45, 2.75) is 52.7 Å². The van der Waals surface area contributed by atoms with E-state index < -0.39 is 13.7 Å². The molecule has 0 amide bonds. The highest BCUT2D eigenvalue weighted by atomic mass is 31.2. The molecule has 1 heterocycles. The molecule has 1 unspecified atom stereocenters. The van der Waals surface area contributed by atoms with Gasteiger partial charge < -0.3 is 4.52 Å². The molecule has 1 rings (SSSR count). The SMILES string of the molecule is CCC(=O)OP1(=O)O[C@@H](C)CCN1C(C)C. The van der Waals surface area contributed by atoms with Gasteiger partial charge in [0.25, 0.3) is 0 Å². The summed E-state index contributed by atoms with van der Waals surface area (Å²) in [6.07, 6.45) is 0.866. The summed E-state index contributed by atoms with van der Waals surface area (Å²) in [6.45, 7) is 7.95. The third-order valence-corrected chi connectivity index (χ3v) is 4.85. The molecule has 1 aliphatic heterocycles. The van der Waals surface area contributed by atoms with Crippen LogP contribution in [0.5, 0.6) is 0 Å². The maximum atomic E-state index is 12.4. The molecule has 5 nitrogen and oxygen atoms in total. The van der Waals surface area contributed by atoms with Crippen molar-refractivity contribution in [1.82, 2.24) is 4.67 Å². The number of rotatable bonds is 3. The summed E-state index contributed by atoms with van der Waals surface area (Å²) in [5.74, 6) is -0.483. The van der Waals surface area contributed by atoms with Crippen LogP contribution >= 0.6 is 7.75 Å². The van der Waals surface area contributed by atoms with Gasteiger partial charge in [0.1, 0.15) is 0 Å². The first-order chi connectivity index (χ1) is 7.39. The predicted octanol–water partition coefficient (Wildman–Crippen LogP) is 2.57. The van der Waals surface area contributed by atoms with Crippen LogP contribution in [0.2, 0.25) is 0 Å². The molecule has 1 aliphatic rings. The van der Waals surface area contributed by atoms with Crippen molar-refractivity contribution in [3.05, 3.63) is 0 Å². The normalized spacial score (nSPS) is 31.7. The second kappa shape index (κ2) is 5.30. The smallest absolute Gasteiger partial charge is 0.380 e. The highest BCUT2D eigenvalue weighted by Crippen LogP contribution is 2.57. The Labute approximate surface area is 96.7 Å². The van der Waals surface area contributed by atoms with Crippen LogP contribution in [0, 0.1) is 0 Å². The first-order valence-corrected chi connectivity index (χ1v) is 7.16. The molecule has 0 radical (unpaired) electrons. The summed E-state index contributed by atoms with van der Waals surface area (Å²) in [5.41, 5.74) is 0. The average molecular weight is 249 g/mol. The summed E-state index contributed by atoms with van der Waals surface area (Å²) in [4.78, 5) is 11.3. The van der Waals surface area contributed by atoms with Crippen LogP contribution in [0.4, 0.5) is 0 Å². The Morgan fingerprint density at radius 1 is 1.62 bits per heavy atom. The Bertz CT molecular complexity index is 305. The summed E-state index contributed by atoms with van der Waals surface area (Å²) < 4.78 is 24.4. The van der Waals surface area contributed by atoms with E-state index in [1.165, 1.54) is 0 Å². The van der Waals surface area contributed by atoms with Gasteiger partial charge >= 0.3 is 13.7 Å². The maximum absolute atomic E-state index is 12.4. The van der Waals surface area contributed by atoms with Crippen molar-refractivity contribution >= 4 is 13.7 Å². The van der Waals surface area contributed by atoms with Crippen molar-refractivity contribution in [3.63, 3.8) is 0 Å². The molecule has 0 spiro atoms. The van der Waals surface area contributed by atoms with Gasteiger partial charge in [0.15, 0.2) is 0 Å². The lowest BCUT2D eigenvalue weighted by Crippen LogP contribution is -2.38. The lowest BCUT2D eigenvalue weighted by atomic mass is 10.2. The van der Waals surface area contributed by atoms with E-state index in [2.05, 4.69) is 0 Å². The van der Waals surface area contributed by atoms with Crippen LogP contribution in [0.15, 0.2) is 0 Å². The molecule has 0 aliphatic carbocycles. The van der Waals surface area contributed by atoms with Crippen LogP contribution in [-0.2, 0) is 18.4 Å². The fourth-order valence-electron chi connectivity index (χ4n) is 1.59. The molecule has 0 aromatic carbocycles. The highest BCUT2D eigenvalue weighted by molar-refractivity contribution is 7.51. The molecular formula is C10H20NO4P. The zero-order valence-electron chi connectivity index (χ0n) is 10.3. The average Bonchev–Trinajstić information content (AvgIpc) is 2.15. The third kappa shape index (κ3) is 3.06. The van der Waals surface area contributed by atoms with E-state index in [1.54, 1.807) is 11.6 Å². The Morgan fingerprint density at radius 3 is 2.75 bits per heavy atom. The monoisotopic (exact) mass is 249 g/mol. The highest BCUT2D eigenvalue weighted by Gasteiger charge is 2.43. The van der Waals surface area contributed by atoms with Crippen LogP contribution in [-0.4, -0.2) is 29.3 Å². The number of nitrogens with zero attached hydrogens (tertiary/aromatic N) is 1. The minimum Gasteiger partial charge on any atom is -0.380 e. The van der Waals surface area contributed by atoms with Gasteiger partial charge in [0.2, 0.25) is 0 Å². The van der Waals surface area contributed by atoms with E-state index in [1.807, 2.05) is 20.8 Å². The van der Waals surface area contributed by atoms with E-state index in [4.69, 9.17) is 9.05 Å². The third-order valence-electron chi connectivity index (χ3n) is 2.49. The summed E-state index contributed by atoms with van der Waals surface area (Å²) in [6, 6.07) is 0.0305. The minimum absolute atomic E-state index is 0.0305. The largest absolute Gasteiger partial charge is 0.464 e. The Balaban J connectivity index is 2.84. The van der Waals surface area contributed by atoms with Gasteiger partial charge in [-0.3, -0.25) is 9.32 Å². The summed E-state index contributed by atoms with van der Waals surface area (Å²) in [5, 5.41) is 0. The number of carbonyl (C=O) groups excluding carboxylic acids is 1. The van der Waals surface area contributed by atoms with Gasteiger partial charge in [-0.05, 0) is 27.2 Å². The summed E-state index contributed by atoms with van der Waals surface area (Å²) >= 11 is 0. The van der Waals surface area contributed by atoms with Crippen molar-refractivity contribution in [3.8, 4) is 0 Å². The van der Waals surface area contributed by atoms with Crippen LogP contribution in [0.25, 0.3) is 0 Å². The Morgan fingerprint density at radius 2 is 2.25 bits per heavy atom. The zero-order chi connectivity index (χ0) is 12.3. The number of carbonyl (C=O) groups is 1. The first kappa shape index (κ1) is 13.7. The molecule has 1 saturated heterocycles. The molecule has 94 valence electrons. The second-order valence-electron chi connectivity index (χ2n) is 4.25. The predicted molar refractivity (Wildman–Crippen MR) is 61.0 cm³/mol. The van der Waals surface area contributed by atoms with E-state index in [9.17, 15) is 9.36 Å². The fraction of sp³-hybridized carbons (Fsp3) is 0.900. The van der Waals surface area contributed by atoms with Gasteiger partial charge in [0.05, 0.1) is 6.10 Å². The number of hydrogen-bond donors (Lipinski definition) is 0. The molecule has 0 bridgehead atoms. The van der Waals surface area contributed by atoms with E-state index >= 15 is 0 Å². The molecule has 0 N–H and O–H groups in total. The van der Waals surface area contributed by atoms with E-state index in [-0.39, 0.29) is 18.6 Å². The molecule has 0 aromatic heterocycles. The Hall–Kier alpha value is -0.380. The quantitative estimate of drug-likeness (QED) is 0.719. The minimum atomic E-state index is -3.42. The van der Waals surface area contributed by atoms with Crippen molar-refractivity contribution in [1.29, 1.82) is 0 Å². The molecular weight excluding hydrogens is 229 g/mol. The van der Waals surface area contributed by atoms with Crippen LogP contribution < -0.4 is 0 Å². The maximum Gasteiger partial charge on any atom is 0.464 e. The second-order valence-corrected chi connectivity index (χ2v) is 6.09. The van der Waals surface area contributed by atoms with E-state index in [0.717, 1.165) is 6.42 Å². The topological polar surface area (TPSA) is 55.8 Å². The van der Waals surface area contributed by atoms with Crippen molar-refractivity contribution in [2.24, 2.45) is 0 Å². The molecule has 0 saturated carbocycles. The number of hydrogen-bond acceptors (Lipinski definition) is 4. The Kier molecular flexibility index (Phi) is 4.53. The molecule has 16 heavy (non-hydrogen) atoms. The molecule has 1 fully saturated rings. The van der Waals surface area contributed by atoms with Crippen molar-refractivity contribution < 1.29 is 18.4 Å². The van der Waals surface area contributed by atoms with Gasteiger partial charge in [-0.1, -0.05) is 6.92 Å². The summed E-state index contributed by atoms with van der Waals surface area (Å²) in [7, 11) is -3.42. The fourth-order valence-corrected chi connectivity index (χ4v) is 3.73. The van der Waals surface area contributed by atoms with Gasteiger partial charge in [-0.15, -0.1) is 0 Å². The van der Waals surface area contributed by atoms with Crippen LogP contribution in [0.1, 0.15) is 40.5 Å². The standard InChI is InChI=1S/C10H20NO4P/c1-5-10(12)15-16(13)11(8(2)3)7-6-9(4)14-16/h8-9H,5-7H2,1-4H3/t9-,16?/m0/s1. The first-order valence-electron chi connectivity index (χ1n) is 5.67. The van der Waals surface area contributed by atoms with Gasteiger partial charge in [-0.25, -0.2) is 4.57 Å². The molecule has 6 heteroatoms. The molecule has 2 atom stereocenters. The van der Waals surface area contributed by atoms with E-state index in [0.29, 0.717) is 6.54 Å². The molecule has 0 aromatic rings. The van der Waals surface area contributed by atoms with Crippen molar-refractivity contribution in [2.75, 3.05) is 6.54 Å². The lowest BCUT2D eigenvalue weighted by molar-refractivity contribution is -0.136.